The van der Waals surface area contributed by atoms with Crippen LogP contribution >= 0.6 is 11.3 Å². The van der Waals surface area contributed by atoms with Gasteiger partial charge in [-0.05, 0) is 62.2 Å². The Morgan fingerprint density at radius 2 is 2.00 bits per heavy atom. The van der Waals surface area contributed by atoms with Gasteiger partial charge in [0.2, 0.25) is 0 Å². The predicted octanol–water partition coefficient (Wildman–Crippen LogP) is 3.87. The second-order valence-electron chi connectivity index (χ2n) is 9.94. The molecule has 0 saturated heterocycles. The average Bonchev–Trinajstić information content (AvgIpc) is 3.40. The molecule has 0 N–H and O–H groups in total. The number of hydrogen-bond acceptors (Lipinski definition) is 4. The van der Waals surface area contributed by atoms with Gasteiger partial charge < -0.3 is 18.9 Å². The van der Waals surface area contributed by atoms with Gasteiger partial charge in [0.25, 0.3) is 5.91 Å². The Morgan fingerprint density at radius 1 is 1.18 bits per heavy atom. The number of aromatic nitrogens is 1. The number of aryl methyl sites for hydroxylation is 1. The molecule has 2 aliphatic rings. The van der Waals surface area contributed by atoms with E-state index in [0.717, 1.165) is 53.1 Å². The van der Waals surface area contributed by atoms with Crippen molar-refractivity contribution in [2.75, 3.05) is 20.3 Å². The van der Waals surface area contributed by atoms with Gasteiger partial charge in [-0.25, -0.2) is 0 Å². The van der Waals surface area contributed by atoms with E-state index in [9.17, 15) is 4.79 Å². The minimum Gasteiger partial charge on any atom is -0.497 e. The van der Waals surface area contributed by atoms with Gasteiger partial charge in [-0.3, -0.25) is 4.79 Å². The van der Waals surface area contributed by atoms with Crippen molar-refractivity contribution in [3.8, 4) is 27.4 Å². The Bertz CT molecular complexity index is 1210. The lowest BCUT2D eigenvalue weighted by atomic mass is 9.86. The number of fused-ring (bicyclic) bond motifs is 5. The Hall–Kier alpha value is -2.51. The zero-order valence-electron chi connectivity index (χ0n) is 20.2. The number of hydrogen-bond donors (Lipinski definition) is 0. The summed E-state index contributed by atoms with van der Waals surface area (Å²) in [7, 11) is 3.81. The van der Waals surface area contributed by atoms with E-state index in [2.05, 4.69) is 62.8 Å². The van der Waals surface area contributed by atoms with Crippen molar-refractivity contribution in [1.82, 2.24) is 9.47 Å². The van der Waals surface area contributed by atoms with Crippen molar-refractivity contribution in [3.63, 3.8) is 0 Å². The summed E-state index contributed by atoms with van der Waals surface area (Å²) in [5.41, 5.74) is 7.42. The number of nitrogens with zero attached hydrogens (tertiary/aromatic N) is 2. The van der Waals surface area contributed by atoms with E-state index < -0.39 is 0 Å². The first kappa shape index (κ1) is 22.3. The molecule has 0 unspecified atom stereocenters. The lowest BCUT2D eigenvalue weighted by Gasteiger charge is -2.36. The molecule has 0 saturated carbocycles. The van der Waals surface area contributed by atoms with E-state index in [1.165, 1.54) is 16.0 Å². The molecule has 33 heavy (non-hydrogen) atoms. The molecule has 0 fully saturated rings. The maximum Gasteiger partial charge on any atom is 0.271 e. The number of rotatable bonds is 2. The molecule has 2 aromatic heterocycles. The molecule has 7 heteroatoms. The Morgan fingerprint density at radius 3 is 2.70 bits per heavy atom. The summed E-state index contributed by atoms with van der Waals surface area (Å²) in [5.74, 6) is 1.03. The number of thiophene rings is 1. The fraction of sp³-hybridized carbons (Fsp3) is 0.423. The van der Waals surface area contributed by atoms with Crippen LogP contribution < -0.4 is 10.2 Å². The van der Waals surface area contributed by atoms with Crippen LogP contribution in [-0.4, -0.2) is 49.0 Å². The van der Waals surface area contributed by atoms with Gasteiger partial charge in [0, 0.05) is 46.8 Å². The summed E-state index contributed by atoms with van der Waals surface area (Å²) in [4.78, 5) is 17.4. The molecule has 0 radical (unpaired) electrons. The SMILES string of the molecule is Bc1cc2c(cc1OC)CCn1c3c(c(-c4cccs4)c1-2)COCCCN(C(C)(C)C)C3=O. The lowest BCUT2D eigenvalue weighted by molar-refractivity contribution is 0.0544. The van der Waals surface area contributed by atoms with Crippen LogP contribution in [0.4, 0.5) is 0 Å². The van der Waals surface area contributed by atoms with E-state index in [4.69, 9.17) is 9.47 Å². The fourth-order valence-electron chi connectivity index (χ4n) is 5.22. The van der Waals surface area contributed by atoms with E-state index >= 15 is 0 Å². The Kier molecular flexibility index (Phi) is 5.65. The Labute approximate surface area is 200 Å². The molecule has 1 aromatic carbocycles. The third-order valence-electron chi connectivity index (χ3n) is 6.79. The average molecular weight is 462 g/mol. The maximum absolute atomic E-state index is 14.2. The number of ether oxygens (including phenoxy) is 2. The minimum atomic E-state index is -0.261. The summed E-state index contributed by atoms with van der Waals surface area (Å²) in [6.07, 6.45) is 1.71. The second-order valence-corrected chi connectivity index (χ2v) is 10.9. The van der Waals surface area contributed by atoms with Crippen LogP contribution in [0.15, 0.2) is 29.6 Å². The molecule has 2 aliphatic heterocycles. The number of methoxy groups -OCH3 is 1. The van der Waals surface area contributed by atoms with Crippen LogP contribution in [0.3, 0.4) is 0 Å². The molecule has 5 rings (SSSR count). The number of carbonyl (C=O) groups excluding carboxylic acids is 1. The molecule has 0 bridgehead atoms. The molecule has 0 spiro atoms. The van der Waals surface area contributed by atoms with E-state index in [-0.39, 0.29) is 11.4 Å². The first-order valence-electron chi connectivity index (χ1n) is 11.7. The van der Waals surface area contributed by atoms with Gasteiger partial charge in [-0.2, -0.15) is 0 Å². The molecule has 0 atom stereocenters. The largest absolute Gasteiger partial charge is 0.497 e. The van der Waals surface area contributed by atoms with E-state index in [1.54, 1.807) is 18.4 Å². The summed E-state index contributed by atoms with van der Waals surface area (Å²) in [6.45, 7) is 8.93. The standard InChI is InChI=1S/C26H31BN2O3S/c1-26(2,3)29-9-6-11-32-15-18-22(21-7-5-12-33-21)23-17-14-19(27)20(31-4)13-16(17)8-10-28(23)24(18)25(29)30/h5,7,12-14H,6,8-11,15,27H2,1-4H3. The normalized spacial score (nSPS) is 16.4. The highest BCUT2D eigenvalue weighted by Crippen LogP contribution is 2.46. The van der Waals surface area contributed by atoms with Crippen LogP contribution in [0, 0.1) is 0 Å². The van der Waals surface area contributed by atoms with Crippen LogP contribution in [-0.2, 0) is 24.3 Å². The van der Waals surface area contributed by atoms with Crippen molar-refractivity contribution in [1.29, 1.82) is 0 Å². The first-order valence-corrected chi connectivity index (χ1v) is 12.6. The van der Waals surface area contributed by atoms with Crippen molar-refractivity contribution < 1.29 is 14.3 Å². The first-order chi connectivity index (χ1) is 15.8. The third-order valence-corrected chi connectivity index (χ3v) is 7.67. The lowest BCUT2D eigenvalue weighted by Crippen LogP contribution is -2.47. The van der Waals surface area contributed by atoms with Crippen molar-refractivity contribution in [2.24, 2.45) is 0 Å². The van der Waals surface area contributed by atoms with Crippen LogP contribution in [0.5, 0.6) is 5.75 Å². The molecule has 1 amide bonds. The quantitative estimate of drug-likeness (QED) is 0.544. The van der Waals surface area contributed by atoms with E-state index in [0.29, 0.717) is 19.8 Å². The minimum absolute atomic E-state index is 0.112. The summed E-state index contributed by atoms with van der Waals surface area (Å²) < 4.78 is 14.0. The van der Waals surface area contributed by atoms with E-state index in [1.807, 2.05) is 4.90 Å². The van der Waals surface area contributed by atoms with Gasteiger partial charge in [-0.1, -0.05) is 12.1 Å². The number of amides is 1. The van der Waals surface area contributed by atoms with Gasteiger partial charge in [0.15, 0.2) is 0 Å². The number of carbonyl (C=O) groups is 1. The molecular formula is C26H31BN2O3S. The third kappa shape index (κ3) is 3.71. The molecule has 4 heterocycles. The van der Waals surface area contributed by atoms with Crippen molar-refractivity contribution >= 4 is 30.6 Å². The highest BCUT2D eigenvalue weighted by Gasteiger charge is 2.37. The smallest absolute Gasteiger partial charge is 0.271 e. The maximum atomic E-state index is 14.2. The van der Waals surface area contributed by atoms with Gasteiger partial charge in [0.1, 0.15) is 19.3 Å². The second kappa shape index (κ2) is 8.37. The van der Waals surface area contributed by atoms with Crippen molar-refractivity contribution in [3.05, 3.63) is 46.5 Å². The van der Waals surface area contributed by atoms with Crippen LogP contribution in [0.1, 0.15) is 48.8 Å². The fourth-order valence-corrected chi connectivity index (χ4v) is 6.02. The zero-order valence-corrected chi connectivity index (χ0v) is 21.0. The zero-order chi connectivity index (χ0) is 23.3. The predicted molar refractivity (Wildman–Crippen MR) is 137 cm³/mol. The molecule has 172 valence electrons. The summed E-state index contributed by atoms with van der Waals surface area (Å²) in [5, 5.41) is 2.11. The molecule has 5 nitrogen and oxygen atoms in total. The molecule has 3 aromatic rings. The topological polar surface area (TPSA) is 43.7 Å². The highest BCUT2D eigenvalue weighted by atomic mass is 32.1. The van der Waals surface area contributed by atoms with Gasteiger partial charge in [-0.15, -0.1) is 11.3 Å². The molecule has 0 aliphatic carbocycles. The van der Waals surface area contributed by atoms with Crippen LogP contribution in [0.2, 0.25) is 0 Å². The summed E-state index contributed by atoms with van der Waals surface area (Å²) in [6, 6.07) is 8.63. The van der Waals surface area contributed by atoms with Crippen LogP contribution in [0.25, 0.3) is 21.7 Å². The monoisotopic (exact) mass is 462 g/mol. The number of benzene rings is 1. The Balaban J connectivity index is 1.82. The summed E-state index contributed by atoms with van der Waals surface area (Å²) >= 11 is 1.72. The van der Waals surface area contributed by atoms with Gasteiger partial charge >= 0.3 is 0 Å². The van der Waals surface area contributed by atoms with Crippen molar-refractivity contribution in [2.45, 2.75) is 52.3 Å². The molecular weight excluding hydrogens is 431 g/mol. The van der Waals surface area contributed by atoms with Gasteiger partial charge in [0.05, 0.1) is 19.4 Å². The highest BCUT2D eigenvalue weighted by molar-refractivity contribution is 7.13.